The molecule has 5 nitrogen and oxygen atoms in total. The van der Waals surface area contributed by atoms with Crippen LogP contribution in [0.15, 0.2) is 30.6 Å². The first-order valence-electron chi connectivity index (χ1n) is 7.34. The van der Waals surface area contributed by atoms with Gasteiger partial charge in [0, 0.05) is 47.6 Å². The first kappa shape index (κ1) is 13.7. The number of anilines is 2. The monoisotopic (exact) mass is 284 g/mol. The molecule has 1 aliphatic rings. The molecule has 0 bridgehead atoms. The van der Waals surface area contributed by atoms with Crippen molar-refractivity contribution < 1.29 is 4.79 Å². The fourth-order valence-electron chi connectivity index (χ4n) is 2.84. The van der Waals surface area contributed by atoms with Crippen molar-refractivity contribution in [3.8, 4) is 0 Å². The summed E-state index contributed by atoms with van der Waals surface area (Å²) < 4.78 is 0. The van der Waals surface area contributed by atoms with Crippen LogP contribution >= 0.6 is 0 Å². The molecule has 0 saturated carbocycles. The SMILES string of the molecule is CC(Nc1ccc(N)c2cnccc12)C(=O)N1CCCC1. The number of amides is 1. The summed E-state index contributed by atoms with van der Waals surface area (Å²) in [5.74, 6) is 0.159. The van der Waals surface area contributed by atoms with Crippen LogP contribution in [0, 0.1) is 0 Å². The third kappa shape index (κ3) is 2.63. The van der Waals surface area contributed by atoms with Crippen molar-refractivity contribution in [2.75, 3.05) is 24.1 Å². The molecule has 1 saturated heterocycles. The topological polar surface area (TPSA) is 71.2 Å². The Kier molecular flexibility index (Phi) is 3.64. The highest BCUT2D eigenvalue weighted by Crippen LogP contribution is 2.28. The van der Waals surface area contributed by atoms with Crippen molar-refractivity contribution in [3.63, 3.8) is 0 Å². The molecule has 2 aromatic rings. The third-order valence-corrected chi connectivity index (χ3v) is 4.01. The van der Waals surface area contributed by atoms with E-state index in [1.54, 1.807) is 12.4 Å². The summed E-state index contributed by atoms with van der Waals surface area (Å²) in [7, 11) is 0. The number of nitrogens with zero attached hydrogens (tertiary/aromatic N) is 2. The predicted molar refractivity (Wildman–Crippen MR) is 85.1 cm³/mol. The number of nitrogen functional groups attached to an aromatic ring is 1. The second-order valence-electron chi connectivity index (χ2n) is 5.52. The lowest BCUT2D eigenvalue weighted by atomic mass is 10.1. The zero-order valence-corrected chi connectivity index (χ0v) is 12.2. The summed E-state index contributed by atoms with van der Waals surface area (Å²) in [6, 6.07) is 5.44. The van der Waals surface area contributed by atoms with E-state index in [0.717, 1.165) is 42.4 Å². The van der Waals surface area contributed by atoms with Gasteiger partial charge in [0.2, 0.25) is 5.91 Å². The summed E-state index contributed by atoms with van der Waals surface area (Å²) in [4.78, 5) is 18.4. The Morgan fingerprint density at radius 3 is 2.81 bits per heavy atom. The van der Waals surface area contributed by atoms with E-state index in [1.165, 1.54) is 0 Å². The summed E-state index contributed by atoms with van der Waals surface area (Å²) in [5.41, 5.74) is 7.59. The predicted octanol–water partition coefficient (Wildman–Crippen LogP) is 2.24. The number of pyridine rings is 1. The van der Waals surface area contributed by atoms with E-state index < -0.39 is 0 Å². The summed E-state index contributed by atoms with van der Waals surface area (Å²) in [6.45, 7) is 3.65. The Labute approximate surface area is 124 Å². The molecule has 0 aliphatic carbocycles. The maximum Gasteiger partial charge on any atom is 0.244 e. The van der Waals surface area contributed by atoms with Crippen molar-refractivity contribution in [2.45, 2.75) is 25.8 Å². The molecule has 21 heavy (non-hydrogen) atoms. The second-order valence-corrected chi connectivity index (χ2v) is 5.52. The van der Waals surface area contributed by atoms with E-state index in [-0.39, 0.29) is 11.9 Å². The average molecular weight is 284 g/mol. The van der Waals surface area contributed by atoms with Crippen LogP contribution in [-0.2, 0) is 4.79 Å². The lowest BCUT2D eigenvalue weighted by molar-refractivity contribution is -0.130. The quantitative estimate of drug-likeness (QED) is 0.848. The van der Waals surface area contributed by atoms with Gasteiger partial charge in [0.25, 0.3) is 0 Å². The van der Waals surface area contributed by atoms with E-state index >= 15 is 0 Å². The van der Waals surface area contributed by atoms with Crippen LogP contribution in [0.5, 0.6) is 0 Å². The fourth-order valence-corrected chi connectivity index (χ4v) is 2.84. The van der Waals surface area contributed by atoms with Crippen LogP contribution < -0.4 is 11.1 Å². The number of benzene rings is 1. The van der Waals surface area contributed by atoms with Crippen LogP contribution in [0.25, 0.3) is 10.8 Å². The Hall–Kier alpha value is -2.30. The molecule has 3 N–H and O–H groups in total. The highest BCUT2D eigenvalue weighted by Gasteiger charge is 2.23. The van der Waals surface area contributed by atoms with Gasteiger partial charge in [-0.05, 0) is 38.0 Å². The molecule has 1 aliphatic heterocycles. The number of fused-ring (bicyclic) bond motifs is 1. The minimum atomic E-state index is -0.247. The molecule has 1 amide bonds. The number of carbonyl (C=O) groups excluding carboxylic acids is 1. The lowest BCUT2D eigenvalue weighted by Crippen LogP contribution is -2.39. The van der Waals surface area contributed by atoms with Crippen molar-refractivity contribution >= 4 is 28.1 Å². The number of aromatic nitrogens is 1. The van der Waals surface area contributed by atoms with Crippen LogP contribution in [0.3, 0.4) is 0 Å². The number of nitrogens with one attached hydrogen (secondary N) is 1. The standard InChI is InChI=1S/C16H20N4O/c1-11(16(21)20-8-2-3-9-20)19-15-5-4-14(17)13-10-18-7-6-12(13)15/h4-7,10-11,19H,2-3,8-9,17H2,1H3. The largest absolute Gasteiger partial charge is 0.398 e. The molecule has 110 valence electrons. The summed E-state index contributed by atoms with van der Waals surface area (Å²) >= 11 is 0. The van der Waals surface area contributed by atoms with Crippen molar-refractivity contribution in [1.82, 2.24) is 9.88 Å². The first-order chi connectivity index (χ1) is 10.2. The van der Waals surface area contributed by atoms with E-state index in [1.807, 2.05) is 30.0 Å². The minimum Gasteiger partial charge on any atom is -0.398 e. The van der Waals surface area contributed by atoms with Crippen molar-refractivity contribution in [3.05, 3.63) is 30.6 Å². The van der Waals surface area contributed by atoms with E-state index in [9.17, 15) is 4.79 Å². The van der Waals surface area contributed by atoms with E-state index in [4.69, 9.17) is 5.73 Å². The van der Waals surface area contributed by atoms with Crippen molar-refractivity contribution in [1.29, 1.82) is 0 Å². The van der Waals surface area contributed by atoms with Crippen LogP contribution in [-0.4, -0.2) is 34.9 Å². The van der Waals surface area contributed by atoms with Gasteiger partial charge in [-0.15, -0.1) is 0 Å². The molecule has 1 aromatic heterocycles. The van der Waals surface area contributed by atoms with Gasteiger partial charge >= 0.3 is 0 Å². The van der Waals surface area contributed by atoms with Crippen LogP contribution in [0.4, 0.5) is 11.4 Å². The third-order valence-electron chi connectivity index (χ3n) is 4.01. The lowest BCUT2D eigenvalue weighted by Gasteiger charge is -2.22. The molecule has 1 fully saturated rings. The molecular formula is C16H20N4O. The fraction of sp³-hybridized carbons (Fsp3) is 0.375. The van der Waals surface area contributed by atoms with Gasteiger partial charge < -0.3 is 16.0 Å². The maximum absolute atomic E-state index is 12.4. The van der Waals surface area contributed by atoms with Gasteiger partial charge in [-0.2, -0.15) is 0 Å². The Balaban J connectivity index is 1.84. The van der Waals surface area contributed by atoms with Gasteiger partial charge in [-0.3, -0.25) is 9.78 Å². The number of rotatable bonds is 3. The first-order valence-corrected chi connectivity index (χ1v) is 7.34. The smallest absolute Gasteiger partial charge is 0.244 e. The molecular weight excluding hydrogens is 264 g/mol. The second kappa shape index (κ2) is 5.60. The number of hydrogen-bond acceptors (Lipinski definition) is 4. The Bertz CT molecular complexity index is 664. The van der Waals surface area contributed by atoms with Gasteiger partial charge in [-0.25, -0.2) is 0 Å². The number of likely N-dealkylation sites (tertiary alicyclic amines) is 1. The highest BCUT2D eigenvalue weighted by atomic mass is 16.2. The Morgan fingerprint density at radius 2 is 2.05 bits per heavy atom. The Morgan fingerprint density at radius 1 is 1.29 bits per heavy atom. The molecule has 0 spiro atoms. The van der Waals surface area contributed by atoms with E-state index in [0.29, 0.717) is 5.69 Å². The number of nitrogens with two attached hydrogens (primary N) is 1. The van der Waals surface area contributed by atoms with Crippen molar-refractivity contribution in [2.24, 2.45) is 0 Å². The molecule has 0 radical (unpaired) electrons. The number of hydrogen-bond donors (Lipinski definition) is 2. The molecule has 3 rings (SSSR count). The van der Waals surface area contributed by atoms with Crippen LogP contribution in [0.1, 0.15) is 19.8 Å². The van der Waals surface area contributed by atoms with Gasteiger partial charge in [-0.1, -0.05) is 0 Å². The molecule has 5 heteroatoms. The summed E-state index contributed by atoms with van der Waals surface area (Å²) in [5, 5.41) is 5.21. The molecule has 1 aromatic carbocycles. The zero-order chi connectivity index (χ0) is 14.8. The minimum absolute atomic E-state index is 0.159. The zero-order valence-electron chi connectivity index (χ0n) is 12.2. The number of carbonyl (C=O) groups is 1. The van der Waals surface area contributed by atoms with Gasteiger partial charge in [0.1, 0.15) is 6.04 Å². The maximum atomic E-state index is 12.4. The molecule has 1 atom stereocenters. The highest BCUT2D eigenvalue weighted by molar-refractivity contribution is 6.01. The summed E-state index contributed by atoms with van der Waals surface area (Å²) in [6.07, 6.45) is 5.70. The van der Waals surface area contributed by atoms with Crippen LogP contribution in [0.2, 0.25) is 0 Å². The molecule has 2 heterocycles. The van der Waals surface area contributed by atoms with Gasteiger partial charge in [0.15, 0.2) is 0 Å². The van der Waals surface area contributed by atoms with Gasteiger partial charge in [0.05, 0.1) is 0 Å². The average Bonchev–Trinajstić information content (AvgIpc) is 3.04. The molecule has 1 unspecified atom stereocenters. The normalized spacial score (nSPS) is 16.1. The van der Waals surface area contributed by atoms with E-state index in [2.05, 4.69) is 10.3 Å².